The van der Waals surface area contributed by atoms with Gasteiger partial charge < -0.3 is 18.8 Å². The van der Waals surface area contributed by atoms with Gasteiger partial charge in [-0.2, -0.15) is 0 Å². The first-order valence-corrected chi connectivity index (χ1v) is 9.16. The molecular formula is C19H18N2O4S. The topological polar surface area (TPSA) is 64.8 Å². The Morgan fingerprint density at radius 1 is 1.27 bits per heavy atom. The number of rotatable bonds is 5. The highest BCUT2D eigenvalue weighted by Crippen LogP contribution is 2.33. The van der Waals surface area contributed by atoms with E-state index in [0.29, 0.717) is 24.5 Å². The van der Waals surface area contributed by atoms with E-state index in [-0.39, 0.29) is 12.7 Å². The van der Waals surface area contributed by atoms with Gasteiger partial charge in [-0.25, -0.2) is 4.98 Å². The molecule has 2 aromatic heterocycles. The molecule has 134 valence electrons. The Hall–Kier alpha value is -2.80. The van der Waals surface area contributed by atoms with Crippen LogP contribution in [-0.4, -0.2) is 29.1 Å². The maximum absolute atomic E-state index is 13.0. The molecule has 1 amide bonds. The quantitative estimate of drug-likeness (QED) is 0.676. The number of benzene rings is 1. The highest BCUT2D eigenvalue weighted by molar-refractivity contribution is 7.15. The number of thiazole rings is 1. The lowest BCUT2D eigenvalue weighted by Gasteiger charge is -2.20. The molecule has 6 nitrogen and oxygen atoms in total. The number of carbonyl (C=O) groups excluding carboxylic acids is 1. The fourth-order valence-corrected chi connectivity index (χ4v) is 3.71. The average molecular weight is 370 g/mol. The smallest absolute Gasteiger partial charge is 0.273 e. The summed E-state index contributed by atoms with van der Waals surface area (Å²) in [6.45, 7) is 5.17. The molecule has 0 saturated carbocycles. The minimum atomic E-state index is -0.0864. The van der Waals surface area contributed by atoms with Gasteiger partial charge in [0.25, 0.3) is 5.91 Å². The molecule has 1 aliphatic rings. The van der Waals surface area contributed by atoms with E-state index in [9.17, 15) is 4.79 Å². The number of fused-ring (bicyclic) bond motifs is 1. The van der Waals surface area contributed by atoms with E-state index in [2.05, 4.69) is 4.98 Å². The maximum atomic E-state index is 13.0. The normalized spacial score (nSPS) is 12.4. The molecule has 0 atom stereocenters. The Kier molecular flexibility index (Phi) is 4.38. The zero-order valence-electron chi connectivity index (χ0n) is 14.5. The average Bonchev–Trinajstić information content (AvgIpc) is 3.38. The van der Waals surface area contributed by atoms with Crippen molar-refractivity contribution in [2.75, 3.05) is 13.3 Å². The molecule has 1 aliphatic heterocycles. The van der Waals surface area contributed by atoms with Crippen LogP contribution in [0.3, 0.4) is 0 Å². The zero-order chi connectivity index (χ0) is 18.1. The number of nitrogens with zero attached hydrogens (tertiary/aromatic N) is 2. The minimum absolute atomic E-state index is 0.0864. The lowest BCUT2D eigenvalue weighted by atomic mass is 10.2. The van der Waals surface area contributed by atoms with Crippen LogP contribution in [0.15, 0.2) is 41.0 Å². The number of hydrogen-bond donors (Lipinski definition) is 0. The van der Waals surface area contributed by atoms with Gasteiger partial charge in [-0.1, -0.05) is 6.07 Å². The second kappa shape index (κ2) is 6.84. The molecule has 0 unspecified atom stereocenters. The third-order valence-corrected chi connectivity index (χ3v) is 5.20. The maximum Gasteiger partial charge on any atom is 0.273 e. The highest BCUT2D eigenvalue weighted by Gasteiger charge is 2.23. The molecule has 4 rings (SSSR count). The van der Waals surface area contributed by atoms with Crippen LogP contribution < -0.4 is 9.47 Å². The third kappa shape index (κ3) is 3.06. The van der Waals surface area contributed by atoms with E-state index in [1.54, 1.807) is 11.2 Å². The number of hydrogen-bond acceptors (Lipinski definition) is 6. The van der Waals surface area contributed by atoms with Crippen molar-refractivity contribution in [3.05, 3.63) is 52.7 Å². The molecular weight excluding hydrogens is 352 g/mol. The standard InChI is InChI=1S/C19H18N2O4S/c1-3-21(10-13-6-7-14-16(9-13)25-11-24-14)19(22)17-12(2)26-18(20-17)15-5-4-8-23-15/h4-9H,3,10-11H2,1-2H3. The van der Waals surface area contributed by atoms with Crippen molar-refractivity contribution in [2.45, 2.75) is 20.4 Å². The van der Waals surface area contributed by atoms with Crippen LogP contribution in [0.5, 0.6) is 11.5 Å². The summed E-state index contributed by atoms with van der Waals surface area (Å²) in [5.41, 5.74) is 1.47. The first-order valence-electron chi connectivity index (χ1n) is 8.35. The van der Waals surface area contributed by atoms with Gasteiger partial charge in [-0.15, -0.1) is 11.3 Å². The summed E-state index contributed by atoms with van der Waals surface area (Å²) in [5.74, 6) is 2.05. The fraction of sp³-hybridized carbons (Fsp3) is 0.263. The van der Waals surface area contributed by atoms with Crippen molar-refractivity contribution in [1.82, 2.24) is 9.88 Å². The Balaban J connectivity index is 1.56. The SMILES string of the molecule is CCN(Cc1ccc2c(c1)OCO2)C(=O)c1nc(-c2ccco2)sc1C. The molecule has 0 saturated heterocycles. The van der Waals surface area contributed by atoms with Crippen molar-refractivity contribution in [1.29, 1.82) is 0 Å². The van der Waals surface area contributed by atoms with Gasteiger partial charge in [-0.05, 0) is 43.7 Å². The number of aromatic nitrogens is 1. The molecule has 3 aromatic rings. The molecule has 0 spiro atoms. The molecule has 0 bridgehead atoms. The number of aryl methyl sites for hydroxylation is 1. The predicted molar refractivity (Wildman–Crippen MR) is 97.5 cm³/mol. The van der Waals surface area contributed by atoms with Crippen LogP contribution in [0.25, 0.3) is 10.8 Å². The third-order valence-electron chi connectivity index (χ3n) is 4.21. The molecule has 0 N–H and O–H groups in total. The molecule has 7 heteroatoms. The highest BCUT2D eigenvalue weighted by atomic mass is 32.1. The van der Waals surface area contributed by atoms with Gasteiger partial charge in [0.2, 0.25) is 6.79 Å². The monoisotopic (exact) mass is 370 g/mol. The van der Waals surface area contributed by atoms with E-state index in [1.165, 1.54) is 11.3 Å². The van der Waals surface area contributed by atoms with Gasteiger partial charge in [0, 0.05) is 18.0 Å². The minimum Gasteiger partial charge on any atom is -0.462 e. The van der Waals surface area contributed by atoms with Gasteiger partial charge in [0.15, 0.2) is 22.3 Å². The first kappa shape index (κ1) is 16.7. The number of amides is 1. The summed E-state index contributed by atoms with van der Waals surface area (Å²) in [6.07, 6.45) is 1.60. The first-order chi connectivity index (χ1) is 12.7. The fourth-order valence-electron chi connectivity index (χ4n) is 2.84. The molecule has 3 heterocycles. The Labute approximate surface area is 155 Å². The number of ether oxygens (including phenoxy) is 2. The van der Waals surface area contributed by atoms with Crippen molar-refractivity contribution >= 4 is 17.2 Å². The summed E-state index contributed by atoms with van der Waals surface area (Å²) < 4.78 is 16.1. The predicted octanol–water partition coefficient (Wildman–Crippen LogP) is 4.10. The summed E-state index contributed by atoms with van der Waals surface area (Å²) >= 11 is 1.46. The number of furan rings is 1. The lowest BCUT2D eigenvalue weighted by Crippen LogP contribution is -2.31. The van der Waals surface area contributed by atoms with E-state index < -0.39 is 0 Å². The molecule has 0 aliphatic carbocycles. The Bertz CT molecular complexity index is 933. The van der Waals surface area contributed by atoms with E-state index >= 15 is 0 Å². The van der Waals surface area contributed by atoms with E-state index in [0.717, 1.165) is 26.9 Å². The summed E-state index contributed by atoms with van der Waals surface area (Å²) in [6, 6.07) is 9.40. The summed E-state index contributed by atoms with van der Waals surface area (Å²) in [4.78, 5) is 20.2. The van der Waals surface area contributed by atoms with Gasteiger partial charge in [0.1, 0.15) is 5.69 Å². The van der Waals surface area contributed by atoms with Crippen LogP contribution in [0.2, 0.25) is 0 Å². The van der Waals surface area contributed by atoms with E-state index in [1.807, 2.05) is 44.2 Å². The molecule has 0 fully saturated rings. The van der Waals surface area contributed by atoms with Crippen molar-refractivity contribution in [3.8, 4) is 22.3 Å². The van der Waals surface area contributed by atoms with Gasteiger partial charge in [-0.3, -0.25) is 4.79 Å². The second-order valence-corrected chi connectivity index (χ2v) is 7.11. The summed E-state index contributed by atoms with van der Waals surface area (Å²) in [7, 11) is 0. The van der Waals surface area contributed by atoms with Gasteiger partial charge >= 0.3 is 0 Å². The van der Waals surface area contributed by atoms with Crippen LogP contribution in [0.4, 0.5) is 0 Å². The Morgan fingerprint density at radius 2 is 2.12 bits per heavy atom. The second-order valence-electron chi connectivity index (χ2n) is 5.91. The molecule has 26 heavy (non-hydrogen) atoms. The van der Waals surface area contributed by atoms with Crippen molar-refractivity contribution in [3.63, 3.8) is 0 Å². The Morgan fingerprint density at radius 3 is 2.88 bits per heavy atom. The zero-order valence-corrected chi connectivity index (χ0v) is 15.3. The van der Waals surface area contributed by atoms with Crippen LogP contribution in [0.1, 0.15) is 27.9 Å². The summed E-state index contributed by atoms with van der Waals surface area (Å²) in [5, 5.41) is 0.718. The molecule has 1 aromatic carbocycles. The van der Waals surface area contributed by atoms with E-state index in [4.69, 9.17) is 13.9 Å². The van der Waals surface area contributed by atoms with Crippen LogP contribution in [-0.2, 0) is 6.54 Å². The number of carbonyl (C=O) groups is 1. The van der Waals surface area contributed by atoms with Crippen LogP contribution >= 0.6 is 11.3 Å². The largest absolute Gasteiger partial charge is 0.462 e. The van der Waals surface area contributed by atoms with Gasteiger partial charge in [0.05, 0.1) is 6.26 Å². The van der Waals surface area contributed by atoms with Crippen LogP contribution in [0, 0.1) is 6.92 Å². The lowest BCUT2D eigenvalue weighted by molar-refractivity contribution is 0.0746. The molecule has 0 radical (unpaired) electrons. The van der Waals surface area contributed by atoms with Crippen molar-refractivity contribution < 1.29 is 18.7 Å². The van der Waals surface area contributed by atoms with Crippen molar-refractivity contribution in [2.24, 2.45) is 0 Å².